The van der Waals surface area contributed by atoms with E-state index in [4.69, 9.17) is 11.5 Å². The third-order valence-corrected chi connectivity index (χ3v) is 6.23. The predicted octanol–water partition coefficient (Wildman–Crippen LogP) is 3.10. The number of para-hydroxylation sites is 1. The first-order valence-electron chi connectivity index (χ1n) is 12.5. The summed E-state index contributed by atoms with van der Waals surface area (Å²) < 4.78 is 4.77. The molecule has 10 heteroatoms. The van der Waals surface area contributed by atoms with Gasteiger partial charge < -0.3 is 11.5 Å². The van der Waals surface area contributed by atoms with Crippen molar-refractivity contribution in [3.63, 3.8) is 0 Å². The molecule has 0 aliphatic rings. The molecule has 198 valence electrons. The number of primary amides is 1. The predicted molar refractivity (Wildman–Crippen MR) is 154 cm³/mol. The largest absolute Gasteiger partial charge is 0.381 e. The number of nitrogen functional groups attached to an aromatic ring is 1. The Balaban J connectivity index is 0.000000207. The van der Waals surface area contributed by atoms with Gasteiger partial charge >= 0.3 is 0 Å². The molecule has 10 nitrogen and oxygen atoms in total. The number of rotatable bonds is 3. The number of pyridine rings is 1. The SMILES string of the molecule is CCc1cc2cccc(C#Cc3ccn(C)n3)c2c(=O)n1-c1ccccc1.NC(=O)c1c(N)nn2ncccc12. The van der Waals surface area contributed by atoms with Crippen LogP contribution in [0.5, 0.6) is 0 Å². The number of amides is 1. The Labute approximate surface area is 229 Å². The van der Waals surface area contributed by atoms with Crippen LogP contribution in [-0.4, -0.2) is 35.1 Å². The first-order chi connectivity index (χ1) is 19.4. The van der Waals surface area contributed by atoms with E-state index in [0.717, 1.165) is 28.8 Å². The fourth-order valence-electron chi connectivity index (χ4n) is 4.42. The highest BCUT2D eigenvalue weighted by Gasteiger charge is 2.15. The van der Waals surface area contributed by atoms with E-state index in [-0.39, 0.29) is 16.9 Å². The van der Waals surface area contributed by atoms with E-state index in [9.17, 15) is 9.59 Å². The molecule has 0 spiro atoms. The van der Waals surface area contributed by atoms with Gasteiger partial charge in [-0.3, -0.25) is 18.8 Å². The van der Waals surface area contributed by atoms with Gasteiger partial charge in [0.2, 0.25) is 0 Å². The second-order valence-corrected chi connectivity index (χ2v) is 8.88. The summed E-state index contributed by atoms with van der Waals surface area (Å²) in [5, 5.41) is 13.5. The molecule has 0 radical (unpaired) electrons. The van der Waals surface area contributed by atoms with Gasteiger partial charge in [-0.1, -0.05) is 43.2 Å². The Morgan fingerprint density at radius 3 is 2.48 bits per heavy atom. The van der Waals surface area contributed by atoms with Gasteiger partial charge in [-0.2, -0.15) is 10.2 Å². The second-order valence-electron chi connectivity index (χ2n) is 8.88. The average molecular weight is 531 g/mol. The van der Waals surface area contributed by atoms with E-state index in [1.165, 1.54) is 4.63 Å². The number of aryl methyl sites for hydroxylation is 2. The zero-order valence-corrected chi connectivity index (χ0v) is 21.9. The normalized spacial score (nSPS) is 10.6. The lowest BCUT2D eigenvalue weighted by atomic mass is 10.0. The molecular weight excluding hydrogens is 504 g/mol. The van der Waals surface area contributed by atoms with Gasteiger partial charge in [-0.25, -0.2) is 0 Å². The molecule has 1 amide bonds. The minimum Gasteiger partial charge on any atom is -0.381 e. The summed E-state index contributed by atoms with van der Waals surface area (Å²) in [6.45, 7) is 2.06. The summed E-state index contributed by atoms with van der Waals surface area (Å²) in [5.74, 6) is 5.70. The van der Waals surface area contributed by atoms with Gasteiger partial charge in [0.15, 0.2) is 5.82 Å². The monoisotopic (exact) mass is 530 g/mol. The van der Waals surface area contributed by atoms with Crippen molar-refractivity contribution in [2.75, 3.05) is 5.73 Å². The van der Waals surface area contributed by atoms with Crippen LogP contribution in [-0.2, 0) is 13.5 Å². The molecule has 0 bridgehead atoms. The number of hydrogen-bond acceptors (Lipinski definition) is 6. The summed E-state index contributed by atoms with van der Waals surface area (Å²) >= 11 is 0. The number of carbonyl (C=O) groups excluding carboxylic acids is 1. The molecule has 6 rings (SSSR count). The van der Waals surface area contributed by atoms with Gasteiger partial charge in [-0.15, -0.1) is 9.73 Å². The average Bonchev–Trinajstić information content (AvgIpc) is 3.53. The van der Waals surface area contributed by atoms with Crippen LogP contribution >= 0.6 is 0 Å². The fourth-order valence-corrected chi connectivity index (χ4v) is 4.42. The van der Waals surface area contributed by atoms with Crippen LogP contribution in [0.25, 0.3) is 22.0 Å². The van der Waals surface area contributed by atoms with E-state index < -0.39 is 5.91 Å². The Morgan fingerprint density at radius 2 is 1.77 bits per heavy atom. The second kappa shape index (κ2) is 11.0. The van der Waals surface area contributed by atoms with Gasteiger partial charge in [-0.05, 0) is 60.2 Å². The molecule has 2 aromatic carbocycles. The fraction of sp³-hybridized carbons (Fsp3) is 0.100. The van der Waals surface area contributed by atoms with Crippen LogP contribution in [0.1, 0.15) is 34.2 Å². The lowest BCUT2D eigenvalue weighted by Gasteiger charge is -2.14. The van der Waals surface area contributed by atoms with Gasteiger partial charge in [0, 0.05) is 36.4 Å². The van der Waals surface area contributed by atoms with Crippen LogP contribution in [0.3, 0.4) is 0 Å². The van der Waals surface area contributed by atoms with Crippen molar-refractivity contribution < 1.29 is 4.79 Å². The van der Waals surface area contributed by atoms with Gasteiger partial charge in [0.1, 0.15) is 16.8 Å². The van der Waals surface area contributed by atoms with Crippen molar-refractivity contribution in [3.8, 4) is 17.5 Å². The maximum atomic E-state index is 13.4. The quantitative estimate of drug-likeness (QED) is 0.337. The van der Waals surface area contributed by atoms with Crippen LogP contribution in [0.2, 0.25) is 0 Å². The number of anilines is 1. The van der Waals surface area contributed by atoms with Gasteiger partial charge in [0.25, 0.3) is 11.5 Å². The highest BCUT2D eigenvalue weighted by molar-refractivity contribution is 6.04. The van der Waals surface area contributed by atoms with Crippen molar-refractivity contribution in [1.29, 1.82) is 0 Å². The van der Waals surface area contributed by atoms with E-state index in [1.807, 2.05) is 67.8 Å². The first kappa shape index (κ1) is 25.9. The Morgan fingerprint density at radius 1 is 0.975 bits per heavy atom. The van der Waals surface area contributed by atoms with E-state index in [2.05, 4.69) is 40.1 Å². The molecule has 0 unspecified atom stereocenters. The summed E-state index contributed by atoms with van der Waals surface area (Å²) in [6, 6.07) is 22.8. The van der Waals surface area contributed by atoms with Gasteiger partial charge in [0.05, 0.1) is 5.39 Å². The minimum absolute atomic E-state index is 0.0403. The topological polar surface area (TPSA) is 139 Å². The molecule has 0 aliphatic carbocycles. The number of fused-ring (bicyclic) bond motifs is 2. The smallest absolute Gasteiger partial charge is 0.264 e. The summed E-state index contributed by atoms with van der Waals surface area (Å²) in [5.41, 5.74) is 14.6. The number of nitrogens with two attached hydrogens (primary N) is 2. The molecule has 4 N–H and O–H groups in total. The van der Waals surface area contributed by atoms with Crippen molar-refractivity contribution in [3.05, 3.63) is 118 Å². The molecule has 4 heterocycles. The van der Waals surface area contributed by atoms with Crippen molar-refractivity contribution >= 4 is 28.0 Å². The van der Waals surface area contributed by atoms with Crippen molar-refractivity contribution in [2.24, 2.45) is 12.8 Å². The van der Waals surface area contributed by atoms with Crippen LogP contribution in [0.4, 0.5) is 5.82 Å². The Bertz CT molecular complexity index is 1970. The van der Waals surface area contributed by atoms with Crippen LogP contribution in [0, 0.1) is 11.8 Å². The van der Waals surface area contributed by atoms with E-state index in [0.29, 0.717) is 16.6 Å². The lowest BCUT2D eigenvalue weighted by molar-refractivity contribution is 0.100. The number of benzene rings is 2. The maximum Gasteiger partial charge on any atom is 0.264 e. The highest BCUT2D eigenvalue weighted by atomic mass is 16.1. The molecule has 0 saturated heterocycles. The number of carbonyl (C=O) groups is 1. The molecule has 40 heavy (non-hydrogen) atoms. The summed E-state index contributed by atoms with van der Waals surface area (Å²) in [6.07, 6.45) is 4.16. The number of nitrogens with zero attached hydrogens (tertiary/aromatic N) is 6. The van der Waals surface area contributed by atoms with Crippen LogP contribution < -0.4 is 17.0 Å². The molecular formula is C30H26N8O2. The van der Waals surface area contributed by atoms with Crippen LogP contribution in [0.15, 0.2) is 90.0 Å². The molecule has 6 aromatic rings. The third kappa shape index (κ3) is 5.04. The standard InChI is InChI=1S/C23H19N3O.C7H7N5O/c1-3-20-16-18-9-7-8-17(12-13-19-14-15-25(2)24-19)22(18)23(27)26(20)21-10-5-4-6-11-21;8-6-5(7(9)13)4-2-1-3-10-12(4)11-6/h4-11,14-16H,3H2,1-2H3;1-3H,(H2,8,11)(H2,9,13). The number of aromatic nitrogens is 6. The highest BCUT2D eigenvalue weighted by Crippen LogP contribution is 2.20. The van der Waals surface area contributed by atoms with E-state index in [1.54, 1.807) is 27.6 Å². The lowest BCUT2D eigenvalue weighted by Crippen LogP contribution is -2.22. The molecule has 0 fully saturated rings. The zero-order valence-electron chi connectivity index (χ0n) is 21.9. The molecule has 0 saturated carbocycles. The Kier molecular flexibility index (Phi) is 7.11. The Hall–Kier alpha value is -5.69. The zero-order chi connectivity index (χ0) is 28.2. The summed E-state index contributed by atoms with van der Waals surface area (Å²) in [4.78, 5) is 24.4. The molecule has 0 atom stereocenters. The third-order valence-electron chi connectivity index (χ3n) is 6.23. The number of hydrogen-bond donors (Lipinski definition) is 2. The van der Waals surface area contributed by atoms with E-state index >= 15 is 0 Å². The first-order valence-corrected chi connectivity index (χ1v) is 12.5. The maximum absolute atomic E-state index is 13.4. The summed E-state index contributed by atoms with van der Waals surface area (Å²) in [7, 11) is 1.86. The van der Waals surface area contributed by atoms with Crippen molar-refractivity contribution in [2.45, 2.75) is 13.3 Å². The molecule has 4 aromatic heterocycles. The van der Waals surface area contributed by atoms with Crippen molar-refractivity contribution in [1.82, 2.24) is 29.2 Å². The molecule has 0 aliphatic heterocycles. The minimum atomic E-state index is -0.597.